The number of halogens is 4. The Morgan fingerprint density at radius 3 is 2.35 bits per heavy atom. The quantitative estimate of drug-likeness (QED) is 0.369. The maximum Gasteiger partial charge on any atom is 0.292 e. The van der Waals surface area contributed by atoms with Crippen molar-refractivity contribution < 1.29 is 42.1 Å². The van der Waals surface area contributed by atoms with Crippen molar-refractivity contribution in [2.45, 2.75) is 57.2 Å². The molecule has 1 aliphatic heterocycles. The van der Waals surface area contributed by atoms with E-state index in [1.807, 2.05) is 13.8 Å². The van der Waals surface area contributed by atoms with Gasteiger partial charge in [-0.25, -0.2) is 13.2 Å². The molecule has 240 valence electrons. The number of alkyl halides is 2. The number of ether oxygens (including phenoxy) is 2. The van der Waals surface area contributed by atoms with Gasteiger partial charge in [-0.15, -0.1) is 0 Å². The molecule has 2 atom stereocenters. The van der Waals surface area contributed by atoms with E-state index in [9.17, 15) is 22.8 Å². The number of rotatable bonds is 10. The van der Waals surface area contributed by atoms with Crippen LogP contribution in [-0.2, 0) is 23.9 Å². The van der Waals surface area contributed by atoms with Gasteiger partial charge in [0.2, 0.25) is 12.3 Å². The predicted molar refractivity (Wildman–Crippen MR) is 159 cm³/mol. The first kappa shape index (κ1) is 37.8. The van der Waals surface area contributed by atoms with Crippen LogP contribution < -0.4 is 10.2 Å². The number of nitrogens with zero attached hydrogens (tertiary/aromatic N) is 2. The number of methoxy groups -OCH3 is 1. The van der Waals surface area contributed by atoms with E-state index in [1.165, 1.54) is 25.3 Å². The maximum absolute atomic E-state index is 13.6. The summed E-state index contributed by atoms with van der Waals surface area (Å²) in [6.07, 6.45) is 0.926. The molecular formula is C30H41ClF3N3O6. The zero-order chi connectivity index (χ0) is 32.4. The molecule has 2 aliphatic rings. The third kappa shape index (κ3) is 12.9. The Morgan fingerprint density at radius 1 is 1.21 bits per heavy atom. The van der Waals surface area contributed by atoms with Crippen molar-refractivity contribution in [3.63, 3.8) is 0 Å². The Morgan fingerprint density at radius 2 is 1.86 bits per heavy atom. The van der Waals surface area contributed by atoms with Gasteiger partial charge in [0.05, 0.1) is 26.4 Å². The molecule has 2 amide bonds. The van der Waals surface area contributed by atoms with E-state index in [2.05, 4.69) is 22.0 Å². The molecule has 2 aromatic carbocycles. The molecule has 2 N–H and O–H groups in total. The number of hydrogen-bond donors (Lipinski definition) is 2. The highest BCUT2D eigenvalue weighted by Gasteiger charge is 2.47. The van der Waals surface area contributed by atoms with Gasteiger partial charge in [-0.3, -0.25) is 19.3 Å². The number of anilines is 1. The molecule has 1 heterocycles. The van der Waals surface area contributed by atoms with Crippen molar-refractivity contribution >= 4 is 36.1 Å². The Hall–Kier alpha value is -3.19. The summed E-state index contributed by atoms with van der Waals surface area (Å²) >= 11 is 6.20. The lowest BCUT2D eigenvalue weighted by molar-refractivity contribution is -0.131. The molecule has 1 aliphatic carbocycles. The lowest BCUT2D eigenvalue weighted by Crippen LogP contribution is -2.53. The molecule has 2 fully saturated rings. The van der Waals surface area contributed by atoms with Crippen LogP contribution in [0.15, 0.2) is 48.5 Å². The lowest BCUT2D eigenvalue weighted by atomic mass is 9.87. The predicted octanol–water partition coefficient (Wildman–Crippen LogP) is 4.61. The zero-order valence-corrected chi connectivity index (χ0v) is 25.6. The molecule has 2 aromatic rings. The van der Waals surface area contributed by atoms with Crippen molar-refractivity contribution in [2.75, 3.05) is 45.4 Å². The first-order valence-corrected chi connectivity index (χ1v) is 14.2. The van der Waals surface area contributed by atoms with Crippen molar-refractivity contribution in [1.82, 2.24) is 10.2 Å². The summed E-state index contributed by atoms with van der Waals surface area (Å²) in [5.74, 6) is -4.05. The van der Waals surface area contributed by atoms with Crippen LogP contribution in [0.1, 0.15) is 44.7 Å². The highest BCUT2D eigenvalue weighted by molar-refractivity contribution is 6.31. The number of aliphatic hydroxyl groups excluding tert-OH is 1. The number of carbonyl (C=O) groups excluding carboxylic acids is 3. The van der Waals surface area contributed by atoms with Crippen LogP contribution in [0.25, 0.3) is 0 Å². The summed E-state index contributed by atoms with van der Waals surface area (Å²) in [5.41, 5.74) is 0.447. The minimum Gasteiger partial charge on any atom is -0.471 e. The lowest BCUT2D eigenvalue weighted by Gasteiger charge is -2.37. The number of likely N-dealkylation sites (tertiary alicyclic amines) is 1. The van der Waals surface area contributed by atoms with E-state index in [4.69, 9.17) is 26.2 Å². The average molecular weight is 632 g/mol. The Kier molecular flexibility index (Phi) is 17.5. The second kappa shape index (κ2) is 19.9. The molecule has 0 radical (unpaired) electrons. The minimum absolute atomic E-state index is 0.139. The standard InChI is InChI=1S/C19H16ClF3N2O2.C7H15NO2.C2H4O2.C2H6/c20-16-7-2-1-6-15(16)17(18(27)24-13-9-19(22,23)10-13)25(11-26)14-5-3-4-12(21)8-14;1-8-3-2-7(6-8)10-5-4-9;1-4-2-3;1-2/h1-8,11,13,17H,9-10H2,(H,24,27);7,9H,2-6H2,1H3;2H,1H3;1-2H3. The second-order valence-corrected chi connectivity index (χ2v) is 9.89. The maximum atomic E-state index is 13.6. The van der Waals surface area contributed by atoms with Crippen LogP contribution in [0, 0.1) is 5.82 Å². The zero-order valence-electron chi connectivity index (χ0n) is 24.9. The van der Waals surface area contributed by atoms with Crippen LogP contribution in [0.5, 0.6) is 0 Å². The topological polar surface area (TPSA) is 108 Å². The van der Waals surface area contributed by atoms with Gasteiger partial charge >= 0.3 is 0 Å². The van der Waals surface area contributed by atoms with Gasteiger partial charge < -0.3 is 24.8 Å². The Balaban J connectivity index is 0.000000477. The van der Waals surface area contributed by atoms with Crippen molar-refractivity contribution in [2.24, 2.45) is 0 Å². The summed E-state index contributed by atoms with van der Waals surface area (Å²) in [5, 5.41) is 11.2. The Labute approximate surface area is 255 Å². The fourth-order valence-electron chi connectivity index (χ4n) is 4.32. The molecule has 0 spiro atoms. The number of nitrogens with one attached hydrogen (secondary N) is 1. The summed E-state index contributed by atoms with van der Waals surface area (Å²) in [7, 11) is 3.40. The first-order valence-electron chi connectivity index (χ1n) is 13.8. The van der Waals surface area contributed by atoms with E-state index < -0.39 is 42.6 Å². The SMILES string of the molecule is CC.CN1CCC(OCCO)C1.COC=O.O=CN(c1cccc(F)c1)C(C(=O)NC1CC(F)(F)C1)c1ccccc1Cl. The van der Waals surface area contributed by atoms with Crippen LogP contribution >= 0.6 is 11.6 Å². The summed E-state index contributed by atoms with van der Waals surface area (Å²) in [4.78, 5) is 36.9. The fourth-order valence-corrected chi connectivity index (χ4v) is 4.55. The number of likely N-dealkylation sites (N-methyl/N-ethyl adjacent to an activating group) is 1. The third-order valence-electron chi connectivity index (χ3n) is 6.27. The highest BCUT2D eigenvalue weighted by atomic mass is 35.5. The second-order valence-electron chi connectivity index (χ2n) is 9.49. The van der Waals surface area contributed by atoms with E-state index in [0.717, 1.165) is 30.5 Å². The van der Waals surface area contributed by atoms with E-state index in [-0.39, 0.29) is 17.3 Å². The van der Waals surface area contributed by atoms with Gasteiger partial charge in [-0.05, 0) is 37.7 Å². The molecule has 43 heavy (non-hydrogen) atoms. The van der Waals surface area contributed by atoms with Crippen molar-refractivity contribution in [1.29, 1.82) is 0 Å². The average Bonchev–Trinajstić information content (AvgIpc) is 3.40. The third-order valence-corrected chi connectivity index (χ3v) is 6.62. The monoisotopic (exact) mass is 631 g/mol. The molecule has 2 unspecified atom stereocenters. The van der Waals surface area contributed by atoms with E-state index in [0.29, 0.717) is 31.2 Å². The minimum atomic E-state index is -2.80. The van der Waals surface area contributed by atoms with Gasteiger partial charge in [0.15, 0.2) is 0 Å². The van der Waals surface area contributed by atoms with Gasteiger partial charge in [0.25, 0.3) is 12.4 Å². The molecule has 13 heteroatoms. The smallest absolute Gasteiger partial charge is 0.292 e. The van der Waals surface area contributed by atoms with Gasteiger partial charge in [0.1, 0.15) is 11.9 Å². The van der Waals surface area contributed by atoms with E-state index in [1.54, 1.807) is 24.3 Å². The van der Waals surface area contributed by atoms with Crippen molar-refractivity contribution in [3.05, 3.63) is 64.9 Å². The molecular weight excluding hydrogens is 591 g/mol. The summed E-state index contributed by atoms with van der Waals surface area (Å²) in [6.45, 7) is 7.13. The van der Waals surface area contributed by atoms with Crippen molar-refractivity contribution in [3.8, 4) is 0 Å². The largest absolute Gasteiger partial charge is 0.471 e. The molecule has 4 rings (SSSR count). The number of hydrogen-bond acceptors (Lipinski definition) is 7. The van der Waals surface area contributed by atoms with Crippen LogP contribution in [0.2, 0.25) is 5.02 Å². The number of benzene rings is 2. The van der Waals surface area contributed by atoms with Crippen LogP contribution in [0.4, 0.5) is 18.9 Å². The van der Waals surface area contributed by atoms with E-state index >= 15 is 0 Å². The molecule has 9 nitrogen and oxygen atoms in total. The summed E-state index contributed by atoms with van der Waals surface area (Å²) in [6, 6.07) is 9.62. The fraction of sp³-hybridized carbons (Fsp3) is 0.500. The number of carbonyl (C=O) groups is 3. The molecule has 1 saturated heterocycles. The normalized spacial score (nSPS) is 17.7. The number of aliphatic hydroxyl groups is 1. The summed E-state index contributed by atoms with van der Waals surface area (Å²) < 4.78 is 49.0. The van der Waals surface area contributed by atoms with Crippen LogP contribution in [0.3, 0.4) is 0 Å². The Bertz CT molecular complexity index is 1120. The number of amides is 2. The molecule has 1 saturated carbocycles. The molecule has 0 aromatic heterocycles. The van der Waals surface area contributed by atoms with Gasteiger partial charge in [-0.1, -0.05) is 49.7 Å². The highest BCUT2D eigenvalue weighted by Crippen LogP contribution is 2.38. The first-order chi connectivity index (χ1) is 20.5. The van der Waals surface area contributed by atoms with Gasteiger partial charge in [-0.2, -0.15) is 0 Å². The van der Waals surface area contributed by atoms with Crippen LogP contribution in [-0.4, -0.2) is 87.3 Å². The molecule has 0 bridgehead atoms. The van der Waals surface area contributed by atoms with Gasteiger partial charge in [0, 0.05) is 48.2 Å².